The summed E-state index contributed by atoms with van der Waals surface area (Å²) in [6.45, 7) is 0.415. The Morgan fingerprint density at radius 3 is 1.74 bits per heavy atom. The van der Waals surface area contributed by atoms with Gasteiger partial charge in [0.25, 0.3) is 0 Å². The molecule has 0 unspecified atom stereocenters. The Morgan fingerprint density at radius 1 is 0.783 bits per heavy atom. The van der Waals surface area contributed by atoms with Crippen LogP contribution in [0.4, 0.5) is 0 Å². The highest BCUT2D eigenvalue weighted by molar-refractivity contribution is 5.97. The average Bonchev–Trinajstić information content (AvgIpc) is 2.59. The molecule has 23 heavy (non-hydrogen) atoms. The molecule has 0 saturated carbocycles. The molecule has 0 amide bonds. The van der Waals surface area contributed by atoms with Gasteiger partial charge in [0.1, 0.15) is 24.7 Å². The van der Waals surface area contributed by atoms with Crippen LogP contribution in [-0.2, 0) is 6.42 Å². The number of hydrogen-bond donors (Lipinski definition) is 2. The number of ether oxygens (including phenoxy) is 2. The molecule has 0 bridgehead atoms. The molecule has 0 aliphatic rings. The maximum Gasteiger partial charge on any atom is 0.167 e. The van der Waals surface area contributed by atoms with Gasteiger partial charge in [-0.1, -0.05) is 12.1 Å². The summed E-state index contributed by atoms with van der Waals surface area (Å²) in [5.74, 6) is 1.31. The van der Waals surface area contributed by atoms with Crippen LogP contribution in [0, 0.1) is 0 Å². The van der Waals surface area contributed by atoms with Crippen LogP contribution in [0.3, 0.4) is 0 Å². The standard InChI is InChI=1S/C18H20O5/c19-9-11-22-16-5-1-14(2-6-16)13-18(21)15-3-7-17(8-4-15)23-12-10-20/h1-8,19-20H,9-13H2. The fourth-order valence-electron chi connectivity index (χ4n) is 2.06. The fraction of sp³-hybridized carbons (Fsp3) is 0.278. The molecular weight excluding hydrogens is 296 g/mol. The molecule has 0 heterocycles. The topological polar surface area (TPSA) is 76.0 Å². The van der Waals surface area contributed by atoms with Crippen molar-refractivity contribution in [2.24, 2.45) is 0 Å². The largest absolute Gasteiger partial charge is 0.491 e. The lowest BCUT2D eigenvalue weighted by Gasteiger charge is -2.07. The van der Waals surface area contributed by atoms with E-state index in [1.54, 1.807) is 36.4 Å². The number of carbonyl (C=O) groups excluding carboxylic acids is 1. The van der Waals surface area contributed by atoms with Crippen molar-refractivity contribution in [1.29, 1.82) is 0 Å². The number of aliphatic hydroxyl groups excluding tert-OH is 2. The Balaban J connectivity index is 1.93. The van der Waals surface area contributed by atoms with Gasteiger partial charge in [-0.15, -0.1) is 0 Å². The lowest BCUT2D eigenvalue weighted by atomic mass is 10.0. The van der Waals surface area contributed by atoms with Crippen molar-refractivity contribution >= 4 is 5.78 Å². The number of ketones is 1. The third kappa shape index (κ3) is 5.39. The van der Waals surface area contributed by atoms with Gasteiger partial charge in [-0.05, 0) is 42.0 Å². The highest BCUT2D eigenvalue weighted by atomic mass is 16.5. The molecule has 5 nitrogen and oxygen atoms in total. The van der Waals surface area contributed by atoms with E-state index >= 15 is 0 Å². The van der Waals surface area contributed by atoms with Crippen LogP contribution in [0.15, 0.2) is 48.5 Å². The van der Waals surface area contributed by atoms with Crippen molar-refractivity contribution in [2.75, 3.05) is 26.4 Å². The monoisotopic (exact) mass is 316 g/mol. The van der Waals surface area contributed by atoms with Gasteiger partial charge in [-0.2, -0.15) is 0 Å². The second-order valence-corrected chi connectivity index (χ2v) is 4.91. The summed E-state index contributed by atoms with van der Waals surface area (Å²) in [5.41, 5.74) is 1.51. The van der Waals surface area contributed by atoms with E-state index in [9.17, 15) is 4.79 Å². The molecule has 2 N–H and O–H groups in total. The Hall–Kier alpha value is -2.37. The predicted octanol–water partition coefficient (Wildman–Crippen LogP) is 1.85. The number of rotatable bonds is 9. The van der Waals surface area contributed by atoms with Crippen molar-refractivity contribution in [3.05, 3.63) is 59.7 Å². The van der Waals surface area contributed by atoms with E-state index in [0.717, 1.165) is 5.56 Å². The van der Waals surface area contributed by atoms with Gasteiger partial charge in [-0.25, -0.2) is 0 Å². The van der Waals surface area contributed by atoms with E-state index in [2.05, 4.69) is 0 Å². The van der Waals surface area contributed by atoms with Crippen molar-refractivity contribution in [1.82, 2.24) is 0 Å². The molecule has 0 atom stereocenters. The molecule has 5 heteroatoms. The van der Waals surface area contributed by atoms with Crippen molar-refractivity contribution in [2.45, 2.75) is 6.42 Å². The van der Waals surface area contributed by atoms with Crippen molar-refractivity contribution in [3.8, 4) is 11.5 Å². The summed E-state index contributed by atoms with van der Waals surface area (Å²) < 4.78 is 10.5. The van der Waals surface area contributed by atoms with Gasteiger partial charge in [0.15, 0.2) is 5.78 Å². The highest BCUT2D eigenvalue weighted by Gasteiger charge is 2.07. The van der Waals surface area contributed by atoms with Crippen LogP contribution in [0.5, 0.6) is 11.5 Å². The van der Waals surface area contributed by atoms with Crippen LogP contribution in [0.1, 0.15) is 15.9 Å². The summed E-state index contributed by atoms with van der Waals surface area (Å²) in [4.78, 5) is 12.3. The van der Waals surface area contributed by atoms with Gasteiger partial charge in [-0.3, -0.25) is 4.79 Å². The first-order valence-corrected chi connectivity index (χ1v) is 7.42. The van der Waals surface area contributed by atoms with Crippen LogP contribution in [0.2, 0.25) is 0 Å². The summed E-state index contributed by atoms with van der Waals surface area (Å²) in [6, 6.07) is 14.1. The first-order chi connectivity index (χ1) is 11.2. The van der Waals surface area contributed by atoms with E-state index in [0.29, 0.717) is 23.5 Å². The minimum Gasteiger partial charge on any atom is -0.491 e. The average molecular weight is 316 g/mol. The number of aliphatic hydroxyl groups is 2. The third-order valence-electron chi connectivity index (χ3n) is 3.18. The highest BCUT2D eigenvalue weighted by Crippen LogP contribution is 2.16. The van der Waals surface area contributed by atoms with E-state index < -0.39 is 0 Å². The number of benzene rings is 2. The molecule has 2 aromatic carbocycles. The van der Waals surface area contributed by atoms with E-state index in [4.69, 9.17) is 19.7 Å². The molecule has 0 aliphatic carbocycles. The maximum absolute atomic E-state index is 12.3. The SMILES string of the molecule is O=C(Cc1ccc(OCCO)cc1)c1ccc(OCCO)cc1. The lowest BCUT2D eigenvalue weighted by molar-refractivity contribution is 0.0993. The first-order valence-electron chi connectivity index (χ1n) is 7.42. The van der Waals surface area contributed by atoms with Gasteiger partial charge in [0.2, 0.25) is 0 Å². The molecule has 0 fully saturated rings. The maximum atomic E-state index is 12.3. The number of carbonyl (C=O) groups is 1. The second kappa shape index (κ2) is 8.92. The minimum atomic E-state index is -0.0430. The van der Waals surface area contributed by atoms with E-state index in [1.807, 2.05) is 12.1 Å². The third-order valence-corrected chi connectivity index (χ3v) is 3.18. The van der Waals surface area contributed by atoms with Crippen molar-refractivity contribution in [3.63, 3.8) is 0 Å². The molecule has 0 saturated heterocycles. The van der Waals surface area contributed by atoms with Gasteiger partial charge < -0.3 is 19.7 Å². The molecule has 0 spiro atoms. The summed E-state index contributed by atoms with van der Waals surface area (Å²) >= 11 is 0. The van der Waals surface area contributed by atoms with Crippen LogP contribution >= 0.6 is 0 Å². The molecule has 2 aromatic rings. The van der Waals surface area contributed by atoms with Gasteiger partial charge in [0.05, 0.1) is 13.2 Å². The first kappa shape index (κ1) is 17.0. The summed E-state index contributed by atoms with van der Waals surface area (Å²) in [7, 11) is 0. The van der Waals surface area contributed by atoms with E-state index in [-0.39, 0.29) is 32.2 Å². The van der Waals surface area contributed by atoms with Crippen molar-refractivity contribution < 1.29 is 24.5 Å². The Labute approximate surface area is 135 Å². The zero-order chi connectivity index (χ0) is 16.5. The molecule has 0 radical (unpaired) electrons. The molecular formula is C18H20O5. The van der Waals surface area contributed by atoms with Crippen LogP contribution in [-0.4, -0.2) is 42.4 Å². The van der Waals surface area contributed by atoms with Crippen LogP contribution < -0.4 is 9.47 Å². The molecule has 0 aliphatic heterocycles. The lowest BCUT2D eigenvalue weighted by Crippen LogP contribution is -2.05. The molecule has 122 valence electrons. The minimum absolute atomic E-state index is 0.0164. The van der Waals surface area contributed by atoms with E-state index in [1.165, 1.54) is 0 Å². The van der Waals surface area contributed by atoms with Crippen LogP contribution in [0.25, 0.3) is 0 Å². The fourth-order valence-corrected chi connectivity index (χ4v) is 2.06. The zero-order valence-corrected chi connectivity index (χ0v) is 12.8. The second-order valence-electron chi connectivity index (χ2n) is 4.91. The Bertz CT molecular complexity index is 604. The molecule has 2 rings (SSSR count). The summed E-state index contributed by atoms with van der Waals surface area (Å²) in [5, 5.41) is 17.4. The van der Waals surface area contributed by atoms with Gasteiger partial charge >= 0.3 is 0 Å². The number of hydrogen-bond acceptors (Lipinski definition) is 5. The Morgan fingerprint density at radius 2 is 1.26 bits per heavy atom. The van der Waals surface area contributed by atoms with Gasteiger partial charge in [0, 0.05) is 12.0 Å². The smallest absolute Gasteiger partial charge is 0.167 e. The zero-order valence-electron chi connectivity index (χ0n) is 12.8. The number of Topliss-reactive ketones (excluding diaryl/α,β-unsaturated/α-hetero) is 1. The quantitative estimate of drug-likeness (QED) is 0.691. The normalized spacial score (nSPS) is 10.3. The Kier molecular flexibility index (Phi) is 6.59. The molecule has 0 aromatic heterocycles. The predicted molar refractivity (Wildman–Crippen MR) is 86.1 cm³/mol. The summed E-state index contributed by atoms with van der Waals surface area (Å²) in [6.07, 6.45) is 0.303.